The Balaban J connectivity index is 2.54. The Hall–Kier alpha value is -1.38. The number of oxime groups is 1. The number of hydrogen-bond donors (Lipinski definition) is 1. The van der Waals surface area contributed by atoms with E-state index in [1.807, 2.05) is 13.0 Å². The van der Waals surface area contributed by atoms with Gasteiger partial charge < -0.3 is 5.21 Å². The summed E-state index contributed by atoms with van der Waals surface area (Å²) in [5.74, 6) is 0. The van der Waals surface area contributed by atoms with Gasteiger partial charge in [0.25, 0.3) is 0 Å². The molecule has 1 aliphatic rings. The highest BCUT2D eigenvalue weighted by molar-refractivity contribution is 6.00. The Morgan fingerprint density at radius 1 is 1.38 bits per heavy atom. The van der Waals surface area contributed by atoms with E-state index in [0.29, 0.717) is 0 Å². The van der Waals surface area contributed by atoms with Crippen LogP contribution in [-0.2, 0) is 6.42 Å². The summed E-state index contributed by atoms with van der Waals surface area (Å²) in [6.07, 6.45) is 2.93. The average Bonchev–Trinajstić information content (AvgIpc) is 2.17. The molecule has 0 atom stereocenters. The number of aryl methyl sites for hydroxylation is 2. The van der Waals surface area contributed by atoms with Crippen LogP contribution in [0, 0.1) is 6.92 Å². The van der Waals surface area contributed by atoms with Gasteiger partial charge in [0, 0.05) is 5.69 Å². The summed E-state index contributed by atoms with van der Waals surface area (Å²) in [4.78, 5) is 4.38. The first-order valence-electron chi connectivity index (χ1n) is 4.49. The molecule has 1 N–H and O–H groups in total. The Morgan fingerprint density at radius 3 is 3.00 bits per heavy atom. The molecule has 1 aromatic heterocycles. The lowest BCUT2D eigenvalue weighted by Gasteiger charge is -2.15. The van der Waals surface area contributed by atoms with E-state index >= 15 is 0 Å². The topological polar surface area (TPSA) is 45.5 Å². The van der Waals surface area contributed by atoms with Crippen LogP contribution < -0.4 is 0 Å². The molecule has 13 heavy (non-hydrogen) atoms. The highest BCUT2D eigenvalue weighted by atomic mass is 16.4. The Bertz CT molecular complexity index is 358. The molecule has 0 radical (unpaired) electrons. The number of fused-ring (bicyclic) bond motifs is 1. The van der Waals surface area contributed by atoms with E-state index < -0.39 is 0 Å². The van der Waals surface area contributed by atoms with Gasteiger partial charge in [0.15, 0.2) is 0 Å². The first-order chi connectivity index (χ1) is 6.31. The van der Waals surface area contributed by atoms with E-state index in [1.165, 1.54) is 5.56 Å². The molecule has 0 aliphatic heterocycles. The molecule has 1 aromatic rings. The molecule has 1 aliphatic carbocycles. The van der Waals surface area contributed by atoms with Crippen LogP contribution in [-0.4, -0.2) is 15.9 Å². The zero-order valence-electron chi connectivity index (χ0n) is 7.62. The maximum atomic E-state index is 8.78. The summed E-state index contributed by atoms with van der Waals surface area (Å²) in [6.45, 7) is 1.95. The fourth-order valence-corrected chi connectivity index (χ4v) is 1.70. The van der Waals surface area contributed by atoms with E-state index in [2.05, 4.69) is 16.2 Å². The molecular formula is C10H12N2O. The van der Waals surface area contributed by atoms with Crippen LogP contribution in [0.3, 0.4) is 0 Å². The lowest BCUT2D eigenvalue weighted by Crippen LogP contribution is -2.14. The molecule has 1 heterocycles. The number of rotatable bonds is 0. The summed E-state index contributed by atoms with van der Waals surface area (Å²) in [7, 11) is 0. The maximum Gasteiger partial charge on any atom is 0.105 e. The summed E-state index contributed by atoms with van der Waals surface area (Å²) >= 11 is 0. The lowest BCUT2D eigenvalue weighted by atomic mass is 9.94. The second-order valence-electron chi connectivity index (χ2n) is 3.36. The number of nitrogens with zero attached hydrogens (tertiary/aromatic N) is 2. The van der Waals surface area contributed by atoms with Crippen molar-refractivity contribution in [2.24, 2.45) is 5.16 Å². The zero-order valence-corrected chi connectivity index (χ0v) is 7.62. The number of aromatic nitrogens is 1. The highest BCUT2D eigenvalue weighted by Crippen LogP contribution is 2.19. The van der Waals surface area contributed by atoms with Crippen molar-refractivity contribution in [3.63, 3.8) is 0 Å². The van der Waals surface area contributed by atoms with E-state index in [-0.39, 0.29) is 0 Å². The predicted molar refractivity (Wildman–Crippen MR) is 50.2 cm³/mol. The highest BCUT2D eigenvalue weighted by Gasteiger charge is 2.16. The monoisotopic (exact) mass is 176 g/mol. The van der Waals surface area contributed by atoms with Gasteiger partial charge in [0.2, 0.25) is 0 Å². The Morgan fingerprint density at radius 2 is 2.23 bits per heavy atom. The standard InChI is InChI=1S/C10H12N2O/c1-7-5-6-8-3-2-4-9(12-13)10(8)11-7/h5-6,13H,2-4H2,1H3/b12-9+. The van der Waals surface area contributed by atoms with Crippen molar-refractivity contribution in [3.8, 4) is 0 Å². The van der Waals surface area contributed by atoms with Gasteiger partial charge in [-0.2, -0.15) is 0 Å². The molecule has 0 bridgehead atoms. The molecule has 0 unspecified atom stereocenters. The van der Waals surface area contributed by atoms with Crippen LogP contribution >= 0.6 is 0 Å². The minimum atomic E-state index is 0.727. The van der Waals surface area contributed by atoms with Gasteiger partial charge in [-0.15, -0.1) is 0 Å². The van der Waals surface area contributed by atoms with Crippen molar-refractivity contribution in [1.82, 2.24) is 4.98 Å². The molecule has 0 aromatic carbocycles. The van der Waals surface area contributed by atoms with Gasteiger partial charge in [0.05, 0.1) is 5.69 Å². The minimum absolute atomic E-state index is 0.727. The molecule has 0 amide bonds. The molecule has 0 fully saturated rings. The van der Waals surface area contributed by atoms with Crippen molar-refractivity contribution >= 4 is 5.71 Å². The van der Waals surface area contributed by atoms with Crippen molar-refractivity contribution in [2.75, 3.05) is 0 Å². The number of pyridine rings is 1. The van der Waals surface area contributed by atoms with Gasteiger partial charge in [-0.1, -0.05) is 11.2 Å². The number of hydrogen-bond acceptors (Lipinski definition) is 3. The molecular weight excluding hydrogens is 164 g/mol. The first kappa shape index (κ1) is 8.23. The van der Waals surface area contributed by atoms with Crippen LogP contribution in [0.2, 0.25) is 0 Å². The Labute approximate surface area is 77.1 Å². The third-order valence-electron chi connectivity index (χ3n) is 2.37. The lowest BCUT2D eigenvalue weighted by molar-refractivity contribution is 0.317. The molecule has 3 heteroatoms. The van der Waals surface area contributed by atoms with Crippen LogP contribution in [0.15, 0.2) is 17.3 Å². The van der Waals surface area contributed by atoms with Crippen molar-refractivity contribution in [2.45, 2.75) is 26.2 Å². The van der Waals surface area contributed by atoms with Gasteiger partial charge in [-0.05, 0) is 37.8 Å². The van der Waals surface area contributed by atoms with Crippen molar-refractivity contribution in [3.05, 3.63) is 29.1 Å². The van der Waals surface area contributed by atoms with Gasteiger partial charge >= 0.3 is 0 Å². The average molecular weight is 176 g/mol. The normalized spacial score (nSPS) is 18.7. The van der Waals surface area contributed by atoms with Crippen LogP contribution in [0.1, 0.15) is 29.8 Å². The molecule has 2 rings (SSSR count). The van der Waals surface area contributed by atoms with Gasteiger partial charge in [-0.25, -0.2) is 0 Å². The summed E-state index contributed by atoms with van der Waals surface area (Å²) in [5, 5.41) is 12.1. The fraction of sp³-hybridized carbons (Fsp3) is 0.400. The maximum absolute atomic E-state index is 8.78. The van der Waals surface area contributed by atoms with E-state index in [4.69, 9.17) is 5.21 Å². The molecule has 0 saturated carbocycles. The second kappa shape index (κ2) is 3.17. The SMILES string of the molecule is Cc1ccc2c(n1)/C(=N/O)CCC2. The third kappa shape index (κ3) is 1.41. The first-order valence-corrected chi connectivity index (χ1v) is 4.49. The quantitative estimate of drug-likeness (QED) is 0.484. The smallest absolute Gasteiger partial charge is 0.105 e. The second-order valence-corrected chi connectivity index (χ2v) is 3.36. The summed E-state index contributed by atoms with van der Waals surface area (Å²) < 4.78 is 0. The largest absolute Gasteiger partial charge is 0.411 e. The van der Waals surface area contributed by atoms with E-state index in [9.17, 15) is 0 Å². The summed E-state index contributed by atoms with van der Waals surface area (Å²) in [5.41, 5.74) is 3.78. The van der Waals surface area contributed by atoms with E-state index in [1.54, 1.807) is 0 Å². The van der Waals surface area contributed by atoms with Crippen molar-refractivity contribution in [1.29, 1.82) is 0 Å². The van der Waals surface area contributed by atoms with Crippen LogP contribution in [0.5, 0.6) is 0 Å². The molecule has 0 spiro atoms. The minimum Gasteiger partial charge on any atom is -0.411 e. The zero-order chi connectivity index (χ0) is 9.26. The molecule has 0 saturated heterocycles. The third-order valence-corrected chi connectivity index (χ3v) is 2.37. The van der Waals surface area contributed by atoms with E-state index in [0.717, 1.165) is 36.4 Å². The molecule has 68 valence electrons. The summed E-state index contributed by atoms with van der Waals surface area (Å²) in [6, 6.07) is 4.07. The Kier molecular flexibility index (Phi) is 2.00. The van der Waals surface area contributed by atoms with Crippen LogP contribution in [0.4, 0.5) is 0 Å². The van der Waals surface area contributed by atoms with Gasteiger partial charge in [-0.3, -0.25) is 4.98 Å². The molecule has 3 nitrogen and oxygen atoms in total. The predicted octanol–water partition coefficient (Wildman–Crippen LogP) is 1.90. The van der Waals surface area contributed by atoms with Gasteiger partial charge in [0.1, 0.15) is 5.71 Å². The van der Waals surface area contributed by atoms with Crippen molar-refractivity contribution < 1.29 is 5.21 Å². The van der Waals surface area contributed by atoms with Crippen LogP contribution in [0.25, 0.3) is 0 Å². The fourth-order valence-electron chi connectivity index (χ4n) is 1.70.